The zero-order valence-electron chi connectivity index (χ0n) is 23.1. The lowest BCUT2D eigenvalue weighted by Crippen LogP contribution is -2.39. The molecule has 7 nitrogen and oxygen atoms in total. The van der Waals surface area contributed by atoms with Gasteiger partial charge in [0.2, 0.25) is 0 Å². The van der Waals surface area contributed by atoms with Crippen molar-refractivity contribution in [3.05, 3.63) is 103 Å². The predicted octanol–water partition coefficient (Wildman–Crippen LogP) is 5.14. The van der Waals surface area contributed by atoms with Gasteiger partial charge in [-0.25, -0.2) is 9.79 Å². The molecule has 0 saturated heterocycles. The first-order valence-electron chi connectivity index (χ1n) is 13.5. The van der Waals surface area contributed by atoms with Crippen LogP contribution in [-0.4, -0.2) is 30.4 Å². The van der Waals surface area contributed by atoms with Crippen LogP contribution in [0.1, 0.15) is 51.3 Å². The van der Waals surface area contributed by atoms with Gasteiger partial charge in [-0.3, -0.25) is 9.36 Å². The molecule has 1 aliphatic heterocycles. The normalized spacial score (nSPS) is 15.1. The molecule has 1 atom stereocenters. The van der Waals surface area contributed by atoms with Crippen LogP contribution in [0, 0.1) is 0 Å². The van der Waals surface area contributed by atoms with Gasteiger partial charge in [0.15, 0.2) is 4.80 Å². The van der Waals surface area contributed by atoms with E-state index >= 15 is 0 Å². The van der Waals surface area contributed by atoms with Crippen LogP contribution in [0.15, 0.2) is 81.7 Å². The van der Waals surface area contributed by atoms with Gasteiger partial charge in [0.05, 0.1) is 41.7 Å². The second-order valence-corrected chi connectivity index (χ2v) is 10.4. The molecule has 206 valence electrons. The Bertz CT molecular complexity index is 1770. The highest BCUT2D eigenvalue weighted by Gasteiger charge is 2.33. The molecular weight excluding hydrogens is 524 g/mol. The van der Waals surface area contributed by atoms with E-state index in [9.17, 15) is 9.59 Å². The van der Waals surface area contributed by atoms with Crippen molar-refractivity contribution in [1.29, 1.82) is 0 Å². The van der Waals surface area contributed by atoms with Crippen LogP contribution in [0.25, 0.3) is 16.8 Å². The number of fused-ring (bicyclic) bond motifs is 2. The van der Waals surface area contributed by atoms with E-state index < -0.39 is 12.0 Å². The molecule has 0 radical (unpaired) electrons. The zero-order chi connectivity index (χ0) is 28.2. The fraction of sp³-hybridized carbons (Fsp3) is 0.281. The largest absolute Gasteiger partial charge is 0.494 e. The minimum Gasteiger partial charge on any atom is -0.494 e. The molecule has 0 N–H and O–H groups in total. The first-order valence-corrected chi connectivity index (χ1v) is 14.3. The minimum absolute atomic E-state index is 0.220. The van der Waals surface area contributed by atoms with Gasteiger partial charge in [-0.15, -0.1) is 0 Å². The van der Waals surface area contributed by atoms with Gasteiger partial charge in [0, 0.05) is 5.56 Å². The van der Waals surface area contributed by atoms with Gasteiger partial charge in [0.25, 0.3) is 5.56 Å². The first-order chi connectivity index (χ1) is 19.5. The molecule has 0 saturated carbocycles. The average Bonchev–Trinajstić information content (AvgIpc) is 3.26. The second-order valence-electron chi connectivity index (χ2n) is 9.35. The molecule has 5 rings (SSSR count). The highest BCUT2D eigenvalue weighted by Crippen LogP contribution is 2.32. The molecule has 1 aromatic heterocycles. The summed E-state index contributed by atoms with van der Waals surface area (Å²) in [5.74, 6) is 0.951. The van der Waals surface area contributed by atoms with Crippen molar-refractivity contribution in [2.24, 2.45) is 4.99 Å². The maximum Gasteiger partial charge on any atom is 0.338 e. The van der Waals surface area contributed by atoms with Crippen molar-refractivity contribution >= 4 is 34.2 Å². The number of carbonyl (C=O) groups is 1. The summed E-state index contributed by atoms with van der Waals surface area (Å²) in [5, 5.41) is 2.05. The van der Waals surface area contributed by atoms with Crippen molar-refractivity contribution in [3.8, 4) is 11.5 Å². The summed E-state index contributed by atoms with van der Waals surface area (Å²) in [7, 11) is 0. The van der Waals surface area contributed by atoms with Crippen LogP contribution in [0.4, 0.5) is 0 Å². The number of thiazole rings is 1. The van der Waals surface area contributed by atoms with Crippen molar-refractivity contribution in [2.45, 2.75) is 40.2 Å². The van der Waals surface area contributed by atoms with E-state index in [1.54, 1.807) is 18.4 Å². The molecule has 2 heterocycles. The smallest absolute Gasteiger partial charge is 0.338 e. The summed E-state index contributed by atoms with van der Waals surface area (Å²) < 4.78 is 19.2. The number of rotatable bonds is 9. The van der Waals surface area contributed by atoms with Gasteiger partial charge >= 0.3 is 5.97 Å². The maximum absolute atomic E-state index is 14.1. The third kappa shape index (κ3) is 5.19. The zero-order valence-corrected chi connectivity index (χ0v) is 23.9. The minimum atomic E-state index is -0.684. The Morgan fingerprint density at radius 1 is 1.00 bits per heavy atom. The Kier molecular flexibility index (Phi) is 8.16. The molecule has 0 fully saturated rings. The van der Waals surface area contributed by atoms with Gasteiger partial charge in [-0.1, -0.05) is 60.7 Å². The molecule has 0 amide bonds. The van der Waals surface area contributed by atoms with E-state index in [4.69, 9.17) is 19.2 Å². The molecule has 0 aliphatic carbocycles. The standard InChI is InChI=1S/C32H32N2O5S/c1-5-18-39-26-17-14-21-10-8-9-11-24(21)25(26)19-27-30(35)34-29(22-12-15-23(16-13-22)37-6-2)28(31(36)38-7-3)20(4)33-32(34)40-27/h8-17,19,29H,5-7,18H2,1-4H3/b27-19+/t29-/m1/s1. The molecule has 1 aliphatic rings. The highest BCUT2D eigenvalue weighted by molar-refractivity contribution is 7.07. The van der Waals surface area contributed by atoms with Crippen LogP contribution in [0.5, 0.6) is 11.5 Å². The predicted molar refractivity (Wildman–Crippen MR) is 158 cm³/mol. The number of allylic oxidation sites excluding steroid dienone is 1. The van der Waals surface area contributed by atoms with E-state index in [1.165, 1.54) is 11.3 Å². The molecule has 40 heavy (non-hydrogen) atoms. The quantitative estimate of drug-likeness (QED) is 0.267. The Hall–Kier alpha value is -4.17. The third-order valence-electron chi connectivity index (χ3n) is 6.69. The fourth-order valence-electron chi connectivity index (χ4n) is 4.91. The summed E-state index contributed by atoms with van der Waals surface area (Å²) in [6.07, 6.45) is 2.75. The Morgan fingerprint density at radius 2 is 1.77 bits per heavy atom. The van der Waals surface area contributed by atoms with E-state index in [1.807, 2.05) is 73.7 Å². The summed E-state index contributed by atoms with van der Waals surface area (Å²) in [6.45, 7) is 8.86. The summed E-state index contributed by atoms with van der Waals surface area (Å²) in [5.41, 5.74) is 2.26. The molecule has 3 aromatic carbocycles. The molecule has 4 aromatic rings. The summed E-state index contributed by atoms with van der Waals surface area (Å²) >= 11 is 1.30. The number of hydrogen-bond acceptors (Lipinski definition) is 7. The van der Waals surface area contributed by atoms with Crippen LogP contribution in [-0.2, 0) is 9.53 Å². The SMILES string of the molecule is CCCOc1ccc2ccccc2c1/C=c1/sc2n(c1=O)[C@H](c1ccc(OCC)cc1)C(C(=O)OCC)=C(C)N=2. The van der Waals surface area contributed by atoms with E-state index in [0.717, 1.165) is 34.1 Å². The lowest BCUT2D eigenvalue weighted by Gasteiger charge is -2.24. The van der Waals surface area contributed by atoms with Crippen LogP contribution < -0.4 is 24.4 Å². The third-order valence-corrected chi connectivity index (χ3v) is 7.67. The van der Waals surface area contributed by atoms with Crippen molar-refractivity contribution in [3.63, 3.8) is 0 Å². The number of aromatic nitrogens is 1. The summed E-state index contributed by atoms with van der Waals surface area (Å²) in [4.78, 5) is 32.5. The number of ether oxygens (including phenoxy) is 3. The number of esters is 1. The van der Waals surface area contributed by atoms with Crippen molar-refractivity contribution < 1.29 is 19.0 Å². The molecule has 0 bridgehead atoms. The van der Waals surface area contributed by atoms with Gasteiger partial charge < -0.3 is 14.2 Å². The lowest BCUT2D eigenvalue weighted by molar-refractivity contribution is -0.139. The fourth-order valence-corrected chi connectivity index (χ4v) is 5.94. The van der Waals surface area contributed by atoms with Crippen LogP contribution in [0.2, 0.25) is 0 Å². The number of carbonyl (C=O) groups excluding carboxylic acids is 1. The number of nitrogens with zero attached hydrogens (tertiary/aromatic N) is 2. The molecule has 0 spiro atoms. The topological polar surface area (TPSA) is 79.1 Å². The van der Waals surface area contributed by atoms with Crippen LogP contribution in [0.3, 0.4) is 0 Å². The number of hydrogen-bond donors (Lipinski definition) is 0. The highest BCUT2D eigenvalue weighted by atomic mass is 32.1. The Morgan fingerprint density at radius 3 is 2.50 bits per heavy atom. The van der Waals surface area contributed by atoms with E-state index in [0.29, 0.717) is 39.6 Å². The maximum atomic E-state index is 14.1. The molecule has 0 unspecified atom stereocenters. The Balaban J connectivity index is 1.73. The van der Waals surface area contributed by atoms with Crippen LogP contribution >= 0.6 is 11.3 Å². The van der Waals surface area contributed by atoms with Gasteiger partial charge in [-0.2, -0.15) is 0 Å². The second kappa shape index (κ2) is 11.9. The summed E-state index contributed by atoms with van der Waals surface area (Å²) in [6, 6.07) is 18.8. The number of benzene rings is 3. The average molecular weight is 557 g/mol. The van der Waals surface area contributed by atoms with Crippen molar-refractivity contribution in [1.82, 2.24) is 4.57 Å². The molecule has 8 heteroatoms. The van der Waals surface area contributed by atoms with Gasteiger partial charge in [-0.05, 0) is 67.8 Å². The van der Waals surface area contributed by atoms with E-state index in [-0.39, 0.29) is 12.2 Å². The molecular formula is C32H32N2O5S. The lowest BCUT2D eigenvalue weighted by atomic mass is 9.96. The Labute approximate surface area is 236 Å². The van der Waals surface area contributed by atoms with E-state index in [2.05, 4.69) is 6.92 Å². The van der Waals surface area contributed by atoms with Crippen molar-refractivity contribution in [2.75, 3.05) is 19.8 Å². The first kappa shape index (κ1) is 27.4. The monoisotopic (exact) mass is 556 g/mol. The van der Waals surface area contributed by atoms with Gasteiger partial charge in [0.1, 0.15) is 11.5 Å².